The highest BCUT2D eigenvalue weighted by Crippen LogP contribution is 2.35. The van der Waals surface area contributed by atoms with Gasteiger partial charge in [-0.1, -0.05) is 18.6 Å². The summed E-state index contributed by atoms with van der Waals surface area (Å²) in [4.78, 5) is 16.9. The zero-order chi connectivity index (χ0) is 9.80. The minimum Gasteiger partial charge on any atom is -0.360 e. The Morgan fingerprint density at radius 3 is 2.43 bits per heavy atom. The fourth-order valence-electron chi connectivity index (χ4n) is 1.57. The Hall–Kier alpha value is -0.740. The number of carbonyl (C=O) groups is 1. The van der Waals surface area contributed by atoms with E-state index in [-0.39, 0.29) is 5.30 Å². The Kier molecular flexibility index (Phi) is 3.26. The minimum absolute atomic E-state index is 0.0908. The molecular formula is C10H15NO2S. The van der Waals surface area contributed by atoms with Gasteiger partial charge in [0.05, 0.1) is 0 Å². The molecule has 1 fully saturated rings. The number of thiol groups is 1. The van der Waals surface area contributed by atoms with E-state index in [2.05, 4.69) is 0 Å². The van der Waals surface area contributed by atoms with Crippen molar-refractivity contribution in [2.45, 2.75) is 19.3 Å². The zero-order valence-corrected chi connectivity index (χ0v) is 8.95. The van der Waals surface area contributed by atoms with E-state index in [1.54, 1.807) is 5.06 Å². The van der Waals surface area contributed by atoms with Gasteiger partial charge in [-0.25, -0.2) is 4.79 Å². The molecule has 2 aliphatic rings. The summed E-state index contributed by atoms with van der Waals surface area (Å²) in [5.41, 5.74) is 0. The molecule has 3 nitrogen and oxygen atoms in total. The fraction of sp³-hybridized carbons (Fsp3) is 0.500. The molecule has 0 bridgehead atoms. The molecule has 1 saturated heterocycles. The highest BCUT2D eigenvalue weighted by molar-refractivity contribution is 8.34. The van der Waals surface area contributed by atoms with Crippen LogP contribution in [0.25, 0.3) is 0 Å². The van der Waals surface area contributed by atoms with E-state index >= 15 is 0 Å². The summed E-state index contributed by atoms with van der Waals surface area (Å²) in [6.45, 7) is 1.78. The van der Waals surface area contributed by atoms with Gasteiger partial charge in [0.15, 0.2) is 0 Å². The summed E-state index contributed by atoms with van der Waals surface area (Å²) in [5.74, 6) is 0. The van der Waals surface area contributed by atoms with Crippen LogP contribution in [0.5, 0.6) is 0 Å². The van der Waals surface area contributed by atoms with Crippen molar-refractivity contribution in [1.29, 1.82) is 0 Å². The van der Waals surface area contributed by atoms with Crippen LogP contribution in [0.15, 0.2) is 23.0 Å². The van der Waals surface area contributed by atoms with E-state index < -0.39 is 10.9 Å². The van der Waals surface area contributed by atoms with Crippen LogP contribution >= 0.6 is 10.9 Å². The average molecular weight is 213 g/mol. The van der Waals surface area contributed by atoms with Gasteiger partial charge in [0.25, 0.3) is 0 Å². The Morgan fingerprint density at radius 1 is 1.14 bits per heavy atom. The van der Waals surface area contributed by atoms with Gasteiger partial charge < -0.3 is 4.84 Å². The van der Waals surface area contributed by atoms with Crippen molar-refractivity contribution in [3.8, 4) is 0 Å². The van der Waals surface area contributed by atoms with Gasteiger partial charge in [0, 0.05) is 13.1 Å². The molecule has 0 N–H and O–H groups in total. The molecule has 0 aliphatic carbocycles. The largest absolute Gasteiger partial charge is 0.373 e. The summed E-state index contributed by atoms with van der Waals surface area (Å²) in [5, 5.41) is 5.55. The van der Waals surface area contributed by atoms with E-state index in [0.717, 1.165) is 25.9 Å². The smallest absolute Gasteiger partial charge is 0.360 e. The number of hydroxylamine groups is 2. The Bertz CT molecular complexity index is 257. The zero-order valence-electron chi connectivity index (χ0n) is 8.06. The van der Waals surface area contributed by atoms with E-state index in [1.807, 2.05) is 23.0 Å². The number of rotatable bonds is 1. The van der Waals surface area contributed by atoms with Crippen molar-refractivity contribution in [3.63, 3.8) is 0 Å². The number of carbonyl (C=O) groups excluding carboxylic acids is 1. The van der Waals surface area contributed by atoms with E-state index in [9.17, 15) is 4.79 Å². The SMILES string of the molecule is O=C(ON1CCCCC1)[SH]1C=CC=C1. The van der Waals surface area contributed by atoms with Crippen LogP contribution in [-0.2, 0) is 4.84 Å². The van der Waals surface area contributed by atoms with Crippen LogP contribution in [0.4, 0.5) is 4.79 Å². The molecule has 0 aromatic rings. The lowest BCUT2D eigenvalue weighted by Crippen LogP contribution is -2.31. The van der Waals surface area contributed by atoms with Gasteiger partial charge in [-0.05, 0) is 23.7 Å². The lowest BCUT2D eigenvalue weighted by molar-refractivity contribution is -0.0994. The van der Waals surface area contributed by atoms with Crippen LogP contribution < -0.4 is 0 Å². The van der Waals surface area contributed by atoms with Gasteiger partial charge in [-0.3, -0.25) is 0 Å². The number of allylic oxidation sites excluding steroid dienone is 2. The molecule has 0 amide bonds. The van der Waals surface area contributed by atoms with Gasteiger partial charge >= 0.3 is 5.30 Å². The average Bonchev–Trinajstić information content (AvgIpc) is 2.72. The highest BCUT2D eigenvalue weighted by atomic mass is 32.2. The fourth-order valence-corrected chi connectivity index (χ4v) is 2.69. The van der Waals surface area contributed by atoms with Crippen molar-refractivity contribution in [3.05, 3.63) is 23.0 Å². The molecule has 0 saturated carbocycles. The van der Waals surface area contributed by atoms with Gasteiger partial charge in [0.2, 0.25) is 0 Å². The van der Waals surface area contributed by atoms with Crippen molar-refractivity contribution in [2.24, 2.45) is 0 Å². The number of piperidine rings is 1. The topological polar surface area (TPSA) is 29.5 Å². The van der Waals surface area contributed by atoms with E-state index in [4.69, 9.17) is 4.84 Å². The van der Waals surface area contributed by atoms with Gasteiger partial charge in [0.1, 0.15) is 0 Å². The maximum absolute atomic E-state index is 11.6. The van der Waals surface area contributed by atoms with Gasteiger partial charge in [-0.15, -0.1) is 16.0 Å². The first-order valence-electron chi connectivity index (χ1n) is 4.96. The van der Waals surface area contributed by atoms with Crippen molar-refractivity contribution in [2.75, 3.05) is 13.1 Å². The predicted octanol–water partition coefficient (Wildman–Crippen LogP) is 2.57. The molecule has 78 valence electrons. The quantitative estimate of drug-likeness (QED) is 0.679. The van der Waals surface area contributed by atoms with Crippen LogP contribution in [0, 0.1) is 0 Å². The molecule has 0 unspecified atom stereocenters. The molecular weight excluding hydrogens is 198 g/mol. The number of hydrogen-bond donors (Lipinski definition) is 1. The molecule has 0 aromatic carbocycles. The summed E-state index contributed by atoms with van der Waals surface area (Å²) >= 11 is 0. The molecule has 0 aromatic heterocycles. The second-order valence-corrected chi connectivity index (χ2v) is 5.21. The second kappa shape index (κ2) is 4.66. The third-order valence-corrected chi connectivity index (χ3v) is 3.83. The summed E-state index contributed by atoms with van der Waals surface area (Å²) in [6, 6.07) is 0. The van der Waals surface area contributed by atoms with Crippen LogP contribution in [0.1, 0.15) is 19.3 Å². The third-order valence-electron chi connectivity index (χ3n) is 2.34. The molecule has 2 heterocycles. The molecule has 4 heteroatoms. The maximum atomic E-state index is 11.6. The van der Waals surface area contributed by atoms with Crippen molar-refractivity contribution >= 4 is 16.2 Å². The number of nitrogens with zero attached hydrogens (tertiary/aromatic N) is 1. The molecule has 0 radical (unpaired) electrons. The molecule has 14 heavy (non-hydrogen) atoms. The monoisotopic (exact) mass is 213 g/mol. The number of hydrogen-bond acceptors (Lipinski definition) is 3. The molecule has 0 atom stereocenters. The summed E-state index contributed by atoms with van der Waals surface area (Å²) in [7, 11) is -0.795. The minimum atomic E-state index is -0.795. The van der Waals surface area contributed by atoms with E-state index in [1.165, 1.54) is 6.42 Å². The van der Waals surface area contributed by atoms with Crippen molar-refractivity contribution < 1.29 is 9.63 Å². The lowest BCUT2D eigenvalue weighted by Gasteiger charge is -2.25. The first kappa shape index (κ1) is 9.80. The Labute approximate surface area is 86.7 Å². The van der Waals surface area contributed by atoms with Crippen LogP contribution in [0.3, 0.4) is 0 Å². The van der Waals surface area contributed by atoms with Crippen LogP contribution in [0.2, 0.25) is 0 Å². The third kappa shape index (κ3) is 2.39. The van der Waals surface area contributed by atoms with Crippen LogP contribution in [-0.4, -0.2) is 23.5 Å². The first-order valence-corrected chi connectivity index (χ1v) is 6.44. The Balaban J connectivity index is 1.81. The molecule has 0 spiro atoms. The van der Waals surface area contributed by atoms with Gasteiger partial charge in [-0.2, -0.15) is 0 Å². The second-order valence-electron chi connectivity index (χ2n) is 3.44. The predicted molar refractivity (Wildman–Crippen MR) is 59.2 cm³/mol. The first-order chi connectivity index (χ1) is 6.86. The standard InChI is InChI=1S/C10H15NO2S/c12-10(14-8-4-5-9-14)13-11-6-2-1-3-7-11/h4-5,8-9,14H,1-3,6-7H2. The lowest BCUT2D eigenvalue weighted by atomic mass is 10.2. The maximum Gasteiger partial charge on any atom is 0.373 e. The summed E-state index contributed by atoms with van der Waals surface area (Å²) in [6.07, 6.45) is 7.34. The highest BCUT2D eigenvalue weighted by Gasteiger charge is 2.18. The molecule has 2 rings (SSSR count). The summed E-state index contributed by atoms with van der Waals surface area (Å²) < 4.78 is 0. The van der Waals surface area contributed by atoms with Crippen molar-refractivity contribution in [1.82, 2.24) is 5.06 Å². The normalized spacial score (nSPS) is 24.1. The van der Waals surface area contributed by atoms with E-state index in [0.29, 0.717) is 0 Å². The molecule has 2 aliphatic heterocycles. The Morgan fingerprint density at radius 2 is 1.79 bits per heavy atom.